The summed E-state index contributed by atoms with van der Waals surface area (Å²) < 4.78 is 10.9. The lowest BCUT2D eigenvalue weighted by molar-refractivity contribution is -0.130. The van der Waals surface area contributed by atoms with E-state index in [9.17, 15) is 4.79 Å². The van der Waals surface area contributed by atoms with Crippen molar-refractivity contribution in [3.05, 3.63) is 69.6 Å². The second kappa shape index (κ2) is 5.27. The van der Waals surface area contributed by atoms with Gasteiger partial charge in [-0.25, -0.2) is 9.79 Å². The first-order chi connectivity index (χ1) is 10.8. The zero-order chi connectivity index (χ0) is 14.9. The second-order valence-corrected chi connectivity index (χ2v) is 5.81. The predicted octanol–water partition coefficient (Wildman–Crippen LogP) is 3.41. The Morgan fingerprint density at radius 1 is 1.18 bits per heavy atom. The van der Waals surface area contributed by atoms with E-state index in [0.29, 0.717) is 18.2 Å². The third kappa shape index (κ3) is 2.35. The molecule has 1 aromatic carbocycles. The highest BCUT2D eigenvalue weighted by Gasteiger charge is 2.25. The van der Waals surface area contributed by atoms with E-state index >= 15 is 0 Å². The molecule has 0 N–H and O–H groups in total. The van der Waals surface area contributed by atoms with Crippen LogP contribution in [0.3, 0.4) is 0 Å². The summed E-state index contributed by atoms with van der Waals surface area (Å²) in [6, 6.07) is 11.5. The number of thiophene rings is 1. The lowest BCUT2D eigenvalue weighted by atomic mass is 10.1. The molecule has 0 aliphatic carbocycles. The van der Waals surface area contributed by atoms with Crippen molar-refractivity contribution in [3.8, 4) is 5.75 Å². The summed E-state index contributed by atoms with van der Waals surface area (Å²) in [5.41, 5.74) is 2.19. The van der Waals surface area contributed by atoms with Gasteiger partial charge in [-0.3, -0.25) is 0 Å². The van der Waals surface area contributed by atoms with E-state index in [1.807, 2.05) is 47.9 Å². The molecule has 0 atom stereocenters. The summed E-state index contributed by atoms with van der Waals surface area (Å²) in [5, 5.41) is 1.92. The van der Waals surface area contributed by atoms with E-state index in [0.717, 1.165) is 21.8 Å². The summed E-state index contributed by atoms with van der Waals surface area (Å²) >= 11 is 1.49. The van der Waals surface area contributed by atoms with Crippen LogP contribution in [0.5, 0.6) is 5.75 Å². The maximum atomic E-state index is 11.9. The minimum Gasteiger partial charge on any atom is -0.488 e. The molecule has 5 heteroatoms. The highest BCUT2D eigenvalue weighted by atomic mass is 32.1. The molecule has 0 spiro atoms. The Bertz CT molecular complexity index is 831. The Labute approximate surface area is 131 Å². The Morgan fingerprint density at radius 2 is 2.09 bits per heavy atom. The van der Waals surface area contributed by atoms with Crippen molar-refractivity contribution in [3.63, 3.8) is 0 Å². The number of cyclic esters (lactones) is 1. The predicted molar refractivity (Wildman–Crippen MR) is 84.9 cm³/mol. The number of aliphatic imine (C=N–C) groups is 1. The Hall–Kier alpha value is -2.66. The highest BCUT2D eigenvalue weighted by Crippen LogP contribution is 2.28. The summed E-state index contributed by atoms with van der Waals surface area (Å²) in [7, 11) is 0. The van der Waals surface area contributed by atoms with Gasteiger partial charge >= 0.3 is 5.97 Å². The number of benzene rings is 1. The molecule has 0 fully saturated rings. The standard InChI is InChI=1S/C17H11NO3S/c19-17-13(18-16(21-17)15-6-3-7-22-15)9-11-8-12-4-1-2-5-14(12)20-10-11/h1-9H,10H2. The second-order valence-electron chi connectivity index (χ2n) is 4.86. The Morgan fingerprint density at radius 3 is 2.95 bits per heavy atom. The van der Waals surface area contributed by atoms with E-state index in [4.69, 9.17) is 9.47 Å². The van der Waals surface area contributed by atoms with Crippen molar-refractivity contribution in [2.75, 3.05) is 6.61 Å². The van der Waals surface area contributed by atoms with Crippen LogP contribution >= 0.6 is 11.3 Å². The molecular weight excluding hydrogens is 298 g/mol. The largest absolute Gasteiger partial charge is 0.488 e. The summed E-state index contributed by atoms with van der Waals surface area (Å²) in [4.78, 5) is 17.1. The van der Waals surface area contributed by atoms with Crippen LogP contribution < -0.4 is 4.74 Å². The number of rotatable bonds is 2. The normalized spacial score (nSPS) is 18.4. The number of hydrogen-bond acceptors (Lipinski definition) is 5. The first-order valence-corrected chi connectivity index (χ1v) is 7.66. The van der Waals surface area contributed by atoms with Gasteiger partial charge in [0.2, 0.25) is 5.90 Å². The molecular formula is C17H11NO3S. The molecule has 0 bridgehead atoms. The number of esters is 1. The number of hydrogen-bond donors (Lipinski definition) is 0. The molecule has 108 valence electrons. The van der Waals surface area contributed by atoms with Crippen molar-refractivity contribution in [1.29, 1.82) is 0 Å². The van der Waals surface area contributed by atoms with Crippen LogP contribution in [0.25, 0.3) is 6.08 Å². The zero-order valence-electron chi connectivity index (χ0n) is 11.5. The van der Waals surface area contributed by atoms with Gasteiger partial charge in [-0.15, -0.1) is 11.3 Å². The van der Waals surface area contributed by atoms with Crippen molar-refractivity contribution in [2.24, 2.45) is 4.99 Å². The van der Waals surface area contributed by atoms with E-state index < -0.39 is 5.97 Å². The summed E-state index contributed by atoms with van der Waals surface area (Å²) in [6.45, 7) is 0.414. The molecule has 0 saturated heterocycles. The molecule has 0 amide bonds. The molecule has 2 aliphatic heterocycles. The summed E-state index contributed by atoms with van der Waals surface area (Å²) in [5.74, 6) is 0.786. The fourth-order valence-corrected chi connectivity index (χ4v) is 2.96. The van der Waals surface area contributed by atoms with Crippen molar-refractivity contribution in [2.45, 2.75) is 0 Å². The SMILES string of the molecule is O=C1OC(c2cccs2)=NC1=CC1=Cc2ccccc2OC1. The number of carbonyl (C=O) groups excluding carboxylic acids is 1. The molecule has 0 saturated carbocycles. The Balaban J connectivity index is 1.66. The van der Waals surface area contributed by atoms with Gasteiger partial charge in [-0.2, -0.15) is 0 Å². The molecule has 1 aromatic heterocycles. The first-order valence-electron chi connectivity index (χ1n) is 6.78. The van der Waals surface area contributed by atoms with Crippen LogP contribution in [0.4, 0.5) is 0 Å². The van der Waals surface area contributed by atoms with Gasteiger partial charge in [-0.1, -0.05) is 24.3 Å². The molecule has 3 heterocycles. The van der Waals surface area contributed by atoms with Crippen molar-refractivity contribution in [1.82, 2.24) is 0 Å². The van der Waals surface area contributed by atoms with Crippen LogP contribution in [0.2, 0.25) is 0 Å². The lowest BCUT2D eigenvalue weighted by Gasteiger charge is -2.15. The molecule has 0 unspecified atom stereocenters. The topological polar surface area (TPSA) is 47.9 Å². The van der Waals surface area contributed by atoms with E-state index in [1.54, 1.807) is 6.08 Å². The minimum atomic E-state index is -0.428. The smallest absolute Gasteiger partial charge is 0.363 e. The average Bonchev–Trinajstić information content (AvgIpc) is 3.18. The van der Waals surface area contributed by atoms with E-state index in [1.165, 1.54) is 11.3 Å². The van der Waals surface area contributed by atoms with Crippen LogP contribution in [0, 0.1) is 0 Å². The third-order valence-corrected chi connectivity index (χ3v) is 4.19. The number of ether oxygens (including phenoxy) is 2. The van der Waals surface area contributed by atoms with Crippen molar-refractivity contribution >= 4 is 29.3 Å². The molecule has 4 rings (SSSR count). The van der Waals surface area contributed by atoms with E-state index in [-0.39, 0.29) is 0 Å². The maximum absolute atomic E-state index is 11.9. The average molecular weight is 309 g/mol. The zero-order valence-corrected chi connectivity index (χ0v) is 12.3. The van der Waals surface area contributed by atoms with Gasteiger partial charge in [0.15, 0.2) is 5.70 Å². The van der Waals surface area contributed by atoms with Gasteiger partial charge in [0.25, 0.3) is 0 Å². The van der Waals surface area contributed by atoms with Crippen molar-refractivity contribution < 1.29 is 14.3 Å². The highest BCUT2D eigenvalue weighted by molar-refractivity contribution is 7.12. The van der Waals surface area contributed by atoms with Crippen LogP contribution in [-0.4, -0.2) is 18.5 Å². The molecule has 2 aromatic rings. The fourth-order valence-electron chi connectivity index (χ4n) is 2.31. The third-order valence-electron chi connectivity index (χ3n) is 3.33. The molecule has 4 nitrogen and oxygen atoms in total. The number of nitrogens with zero attached hydrogens (tertiary/aromatic N) is 1. The summed E-state index contributed by atoms with van der Waals surface area (Å²) in [6.07, 6.45) is 3.72. The number of fused-ring (bicyclic) bond motifs is 1. The van der Waals surface area contributed by atoms with Crippen LogP contribution in [0.1, 0.15) is 10.4 Å². The van der Waals surface area contributed by atoms with Gasteiger partial charge < -0.3 is 9.47 Å². The fraction of sp³-hybridized carbons (Fsp3) is 0.0588. The molecule has 0 radical (unpaired) electrons. The number of carbonyl (C=O) groups is 1. The first kappa shape index (κ1) is 13.0. The van der Waals surface area contributed by atoms with E-state index in [2.05, 4.69) is 4.99 Å². The molecule has 22 heavy (non-hydrogen) atoms. The minimum absolute atomic E-state index is 0.303. The number of para-hydroxylation sites is 1. The lowest BCUT2D eigenvalue weighted by Crippen LogP contribution is -2.07. The van der Waals surface area contributed by atoms with Gasteiger partial charge in [0, 0.05) is 5.56 Å². The van der Waals surface area contributed by atoms with Gasteiger partial charge in [0.1, 0.15) is 12.4 Å². The van der Waals surface area contributed by atoms with Gasteiger partial charge in [-0.05, 0) is 35.2 Å². The monoisotopic (exact) mass is 309 g/mol. The quantitative estimate of drug-likeness (QED) is 0.631. The van der Waals surface area contributed by atoms with Crippen LogP contribution in [-0.2, 0) is 9.53 Å². The van der Waals surface area contributed by atoms with Gasteiger partial charge in [0.05, 0.1) is 4.88 Å². The molecule has 2 aliphatic rings. The maximum Gasteiger partial charge on any atom is 0.363 e. The Kier molecular flexibility index (Phi) is 3.12. The van der Waals surface area contributed by atoms with Crippen LogP contribution in [0.15, 0.2) is 64.1 Å².